The number of ketones is 1. The Kier molecular flexibility index (Phi) is 6.17. The van der Waals surface area contributed by atoms with Crippen molar-refractivity contribution in [2.24, 2.45) is 11.8 Å². The zero-order valence-electron chi connectivity index (χ0n) is 20.3. The number of benzene rings is 2. The third-order valence-corrected chi connectivity index (χ3v) is 7.50. The number of amides is 1. The second-order valence-electron chi connectivity index (χ2n) is 9.72. The van der Waals surface area contributed by atoms with E-state index in [4.69, 9.17) is 14.2 Å². The predicted octanol–water partition coefficient (Wildman–Crippen LogP) is 4.19. The lowest BCUT2D eigenvalue weighted by Gasteiger charge is -2.37. The van der Waals surface area contributed by atoms with Gasteiger partial charge in [0.25, 0.3) is 5.91 Å². The monoisotopic (exact) mass is 477 g/mol. The molecule has 2 aromatic rings. The summed E-state index contributed by atoms with van der Waals surface area (Å²) in [5.41, 5.74) is 2.23. The van der Waals surface area contributed by atoms with E-state index in [1.54, 1.807) is 43.4 Å². The van der Waals surface area contributed by atoms with Gasteiger partial charge in [-0.1, -0.05) is 25.1 Å². The van der Waals surface area contributed by atoms with Crippen molar-refractivity contribution in [1.29, 1.82) is 0 Å². The number of aromatic hydroxyl groups is 1. The van der Waals surface area contributed by atoms with Gasteiger partial charge in [0.2, 0.25) is 0 Å². The average molecular weight is 478 g/mol. The van der Waals surface area contributed by atoms with E-state index < -0.39 is 6.04 Å². The van der Waals surface area contributed by atoms with E-state index >= 15 is 0 Å². The molecule has 1 aliphatic carbocycles. The van der Waals surface area contributed by atoms with Gasteiger partial charge >= 0.3 is 0 Å². The molecule has 35 heavy (non-hydrogen) atoms. The minimum absolute atomic E-state index is 0.0304. The van der Waals surface area contributed by atoms with E-state index in [2.05, 4.69) is 6.92 Å². The maximum absolute atomic E-state index is 13.8. The number of hydrogen-bond donors (Lipinski definition) is 1. The van der Waals surface area contributed by atoms with Crippen molar-refractivity contribution >= 4 is 11.7 Å². The lowest BCUT2D eigenvalue weighted by atomic mass is 9.74. The fourth-order valence-corrected chi connectivity index (χ4v) is 5.64. The van der Waals surface area contributed by atoms with Crippen LogP contribution in [-0.4, -0.2) is 48.6 Å². The zero-order chi connectivity index (χ0) is 24.7. The molecule has 0 bridgehead atoms. The number of phenols is 1. The molecule has 0 aromatic heterocycles. The van der Waals surface area contributed by atoms with Crippen LogP contribution >= 0.6 is 0 Å². The number of methoxy groups -OCH3 is 2. The molecule has 1 fully saturated rings. The van der Waals surface area contributed by atoms with Crippen LogP contribution in [0.3, 0.4) is 0 Å². The first kappa shape index (κ1) is 23.3. The zero-order valence-corrected chi connectivity index (χ0v) is 20.3. The number of ether oxygens (including phenoxy) is 3. The Morgan fingerprint density at radius 2 is 1.77 bits per heavy atom. The van der Waals surface area contributed by atoms with E-state index in [1.807, 2.05) is 18.2 Å². The molecule has 0 spiro atoms. The molecule has 2 aromatic carbocycles. The smallest absolute Gasteiger partial charge is 0.290 e. The molecule has 0 radical (unpaired) electrons. The standard InChI is InChI=1S/C28H31NO6/c1-16-4-10-21-20(14-16)26(31)24-25(18-6-8-19(30)9-7-18)29(28(32)27(24)35-21)13-12-17-5-11-22(33-2)23(15-17)34-3/h5-9,11,15-16,20-21,25,30H,4,10,12-14H2,1-3H3. The summed E-state index contributed by atoms with van der Waals surface area (Å²) in [6.07, 6.45) is 2.90. The largest absolute Gasteiger partial charge is 0.508 e. The van der Waals surface area contributed by atoms with Crippen LogP contribution in [0, 0.1) is 11.8 Å². The Morgan fingerprint density at radius 3 is 2.49 bits per heavy atom. The first-order valence-electron chi connectivity index (χ1n) is 12.2. The third kappa shape index (κ3) is 4.13. The maximum Gasteiger partial charge on any atom is 0.290 e. The van der Waals surface area contributed by atoms with Gasteiger partial charge < -0.3 is 24.2 Å². The van der Waals surface area contributed by atoms with E-state index in [9.17, 15) is 14.7 Å². The second-order valence-corrected chi connectivity index (χ2v) is 9.72. The quantitative estimate of drug-likeness (QED) is 0.672. The van der Waals surface area contributed by atoms with Crippen molar-refractivity contribution in [3.8, 4) is 17.2 Å². The molecule has 1 amide bonds. The van der Waals surface area contributed by atoms with Gasteiger partial charge in [-0.05, 0) is 67.0 Å². The first-order valence-corrected chi connectivity index (χ1v) is 12.2. The number of carbonyl (C=O) groups excluding carboxylic acids is 2. The minimum atomic E-state index is -0.538. The summed E-state index contributed by atoms with van der Waals surface area (Å²) < 4.78 is 17.0. The van der Waals surface area contributed by atoms with Gasteiger partial charge in [-0.25, -0.2) is 0 Å². The Labute approximate surface area is 205 Å². The molecule has 7 nitrogen and oxygen atoms in total. The lowest BCUT2D eigenvalue weighted by Crippen LogP contribution is -2.41. The van der Waals surface area contributed by atoms with E-state index in [0.29, 0.717) is 36.0 Å². The van der Waals surface area contributed by atoms with E-state index in [-0.39, 0.29) is 35.2 Å². The van der Waals surface area contributed by atoms with Crippen LogP contribution in [0.25, 0.3) is 0 Å². The summed E-state index contributed by atoms with van der Waals surface area (Å²) in [4.78, 5) is 29.1. The first-order chi connectivity index (χ1) is 16.9. The van der Waals surface area contributed by atoms with E-state index in [1.165, 1.54) is 0 Å². The number of Topliss-reactive ketones (excluding diaryl/α,β-unsaturated/α-hetero) is 1. The Balaban J connectivity index is 1.47. The molecule has 7 heteroatoms. The number of fused-ring (bicyclic) bond motifs is 1. The summed E-state index contributed by atoms with van der Waals surface area (Å²) in [6, 6.07) is 11.9. The second kappa shape index (κ2) is 9.29. The van der Waals surface area contributed by atoms with Gasteiger partial charge in [0, 0.05) is 6.54 Å². The van der Waals surface area contributed by atoms with Crippen LogP contribution in [0.1, 0.15) is 43.4 Å². The van der Waals surface area contributed by atoms with Crippen molar-refractivity contribution in [1.82, 2.24) is 4.90 Å². The average Bonchev–Trinajstić information content (AvgIpc) is 3.15. The highest BCUT2D eigenvalue weighted by molar-refractivity contribution is 6.11. The summed E-state index contributed by atoms with van der Waals surface area (Å²) in [5, 5.41) is 9.82. The molecule has 2 heterocycles. The molecule has 1 N–H and O–H groups in total. The topological polar surface area (TPSA) is 85.3 Å². The molecular formula is C28H31NO6. The maximum atomic E-state index is 13.8. The number of carbonyl (C=O) groups is 2. The SMILES string of the molecule is COc1ccc(CCN2C(=O)C3=C(C(=O)C4CC(C)CCC4O3)C2c2ccc(O)cc2)cc1OC. The summed E-state index contributed by atoms with van der Waals surface area (Å²) >= 11 is 0. The van der Waals surface area contributed by atoms with Crippen LogP contribution in [-0.2, 0) is 20.7 Å². The molecular weight excluding hydrogens is 446 g/mol. The van der Waals surface area contributed by atoms with Crippen molar-refractivity contribution < 1.29 is 28.9 Å². The van der Waals surface area contributed by atoms with Gasteiger partial charge in [-0.3, -0.25) is 9.59 Å². The number of rotatable bonds is 6. The van der Waals surface area contributed by atoms with Crippen LogP contribution in [0.2, 0.25) is 0 Å². The molecule has 184 valence electrons. The molecule has 4 unspecified atom stereocenters. The fourth-order valence-electron chi connectivity index (χ4n) is 5.64. The van der Waals surface area contributed by atoms with Gasteiger partial charge in [-0.2, -0.15) is 0 Å². The molecule has 0 saturated heterocycles. The lowest BCUT2D eigenvalue weighted by molar-refractivity contribution is -0.136. The van der Waals surface area contributed by atoms with Crippen molar-refractivity contribution in [2.45, 2.75) is 44.8 Å². The highest BCUT2D eigenvalue weighted by Gasteiger charge is 2.52. The number of phenolic OH excluding ortho intramolecular Hbond substituents is 1. The molecule has 5 rings (SSSR count). The van der Waals surface area contributed by atoms with Crippen LogP contribution < -0.4 is 9.47 Å². The van der Waals surface area contributed by atoms with Gasteiger partial charge in [0.1, 0.15) is 11.9 Å². The van der Waals surface area contributed by atoms with Crippen molar-refractivity contribution in [3.05, 3.63) is 64.9 Å². The minimum Gasteiger partial charge on any atom is -0.508 e. The van der Waals surface area contributed by atoms with Crippen LogP contribution in [0.4, 0.5) is 0 Å². The normalized spacial score (nSPS) is 25.7. The molecule has 1 saturated carbocycles. The Hall–Kier alpha value is -3.48. The molecule has 2 aliphatic heterocycles. The van der Waals surface area contributed by atoms with Gasteiger partial charge in [0.05, 0.1) is 31.8 Å². The van der Waals surface area contributed by atoms with Gasteiger partial charge in [0.15, 0.2) is 23.0 Å². The Bertz CT molecular complexity index is 1170. The van der Waals surface area contributed by atoms with Crippen LogP contribution in [0.15, 0.2) is 53.8 Å². The highest BCUT2D eigenvalue weighted by atomic mass is 16.5. The third-order valence-electron chi connectivity index (χ3n) is 7.50. The fraction of sp³-hybridized carbons (Fsp3) is 0.429. The molecule has 4 atom stereocenters. The summed E-state index contributed by atoms with van der Waals surface area (Å²) in [7, 11) is 3.18. The van der Waals surface area contributed by atoms with Crippen LogP contribution in [0.5, 0.6) is 17.2 Å². The molecule has 3 aliphatic rings. The summed E-state index contributed by atoms with van der Waals surface area (Å²) in [5.74, 6) is 1.64. The highest BCUT2D eigenvalue weighted by Crippen LogP contribution is 2.47. The van der Waals surface area contributed by atoms with Gasteiger partial charge in [-0.15, -0.1) is 0 Å². The number of nitrogens with zero attached hydrogens (tertiary/aromatic N) is 1. The van der Waals surface area contributed by atoms with E-state index in [0.717, 1.165) is 30.4 Å². The summed E-state index contributed by atoms with van der Waals surface area (Å²) in [6.45, 7) is 2.56. The number of hydrogen-bond acceptors (Lipinski definition) is 6. The predicted molar refractivity (Wildman–Crippen MR) is 129 cm³/mol. The van der Waals surface area contributed by atoms with Crippen molar-refractivity contribution in [3.63, 3.8) is 0 Å². The Morgan fingerprint density at radius 1 is 1.03 bits per heavy atom. The van der Waals surface area contributed by atoms with Crippen molar-refractivity contribution in [2.75, 3.05) is 20.8 Å².